The summed E-state index contributed by atoms with van der Waals surface area (Å²) < 4.78 is 0. The normalized spacial score (nSPS) is 41.2. The lowest BCUT2D eigenvalue weighted by atomic mass is 9.45. The van der Waals surface area contributed by atoms with E-state index in [0.29, 0.717) is 51.5 Å². The summed E-state index contributed by atoms with van der Waals surface area (Å²) in [6.07, 6.45) is 51.7. The molecule has 4 fully saturated rings. The van der Waals surface area contributed by atoms with Crippen LogP contribution in [0.5, 0.6) is 0 Å². The van der Waals surface area contributed by atoms with Gasteiger partial charge in [0.05, 0.1) is 6.04 Å². The van der Waals surface area contributed by atoms with Gasteiger partial charge in [-0.1, -0.05) is 122 Å². The maximum absolute atomic E-state index is 2.91. The van der Waals surface area contributed by atoms with Crippen molar-refractivity contribution in [1.82, 2.24) is 4.90 Å². The number of nitrogens with zero attached hydrogens (tertiary/aromatic N) is 1. The molecule has 11 atom stereocenters. The maximum atomic E-state index is 2.91. The van der Waals surface area contributed by atoms with Gasteiger partial charge in [0.1, 0.15) is 0 Å². The van der Waals surface area contributed by atoms with E-state index < -0.39 is 0 Å². The van der Waals surface area contributed by atoms with E-state index >= 15 is 0 Å². The molecule has 0 amide bonds. The van der Waals surface area contributed by atoms with Gasteiger partial charge in [0.15, 0.2) is 0 Å². The molecule has 52 heavy (non-hydrogen) atoms. The third-order valence-corrected chi connectivity index (χ3v) is 17.8. The van der Waals surface area contributed by atoms with Crippen LogP contribution in [0.3, 0.4) is 0 Å². The predicted octanol–water partition coefficient (Wildman–Crippen LogP) is 12.3. The van der Waals surface area contributed by atoms with Crippen LogP contribution < -0.4 is 0 Å². The van der Waals surface area contributed by atoms with Crippen LogP contribution >= 0.6 is 23.5 Å². The minimum absolute atomic E-state index is 0.0817. The first kappa shape index (κ1) is 32.5. The maximum Gasteiger partial charge on any atom is 0.0546 e. The quantitative estimate of drug-likeness (QED) is 0.286. The Labute approximate surface area is 320 Å². The van der Waals surface area contributed by atoms with Gasteiger partial charge in [-0.05, 0) is 116 Å². The predicted molar refractivity (Wildman–Crippen MR) is 223 cm³/mol. The zero-order valence-corrected chi connectivity index (χ0v) is 32.1. The first-order valence-corrected chi connectivity index (χ1v) is 22.7. The Kier molecular flexibility index (Phi) is 8.23. The molecule has 0 N–H and O–H groups in total. The summed E-state index contributed by atoms with van der Waals surface area (Å²) in [6.45, 7) is 0. The topological polar surface area (TPSA) is 3.24 Å². The molecule has 0 bridgehead atoms. The summed E-state index contributed by atoms with van der Waals surface area (Å²) in [6, 6.07) is 12.8. The third-order valence-electron chi connectivity index (χ3n) is 14.9. The lowest BCUT2D eigenvalue weighted by Crippen LogP contribution is -2.62. The molecule has 1 spiro atoms. The van der Waals surface area contributed by atoms with Gasteiger partial charge in [0.2, 0.25) is 0 Å². The van der Waals surface area contributed by atoms with Gasteiger partial charge >= 0.3 is 0 Å². The Morgan fingerprint density at radius 1 is 0.731 bits per heavy atom. The summed E-state index contributed by atoms with van der Waals surface area (Å²) in [5.41, 5.74) is 9.88. The fraction of sp³-hybridized carbons (Fsp3) is 0.469. The molecule has 1 nitrogen and oxygen atoms in total. The summed E-state index contributed by atoms with van der Waals surface area (Å²) >= 11 is 4.53. The van der Waals surface area contributed by atoms with Crippen LogP contribution in [0.25, 0.3) is 5.57 Å². The molecule has 266 valence electrons. The van der Waals surface area contributed by atoms with E-state index in [0.717, 1.165) is 5.92 Å². The monoisotopic (exact) mass is 719 g/mol. The highest BCUT2D eigenvalue weighted by Crippen LogP contribution is 2.73. The van der Waals surface area contributed by atoms with Gasteiger partial charge < -0.3 is 4.90 Å². The van der Waals surface area contributed by atoms with Crippen molar-refractivity contribution in [2.45, 2.75) is 105 Å². The Bertz CT molecular complexity index is 1930. The smallest absolute Gasteiger partial charge is 0.0546 e. The largest absolute Gasteiger partial charge is 0.361 e. The Morgan fingerprint density at radius 2 is 1.62 bits per heavy atom. The van der Waals surface area contributed by atoms with Gasteiger partial charge in [-0.2, -0.15) is 0 Å². The van der Waals surface area contributed by atoms with Crippen molar-refractivity contribution in [3.63, 3.8) is 0 Å². The van der Waals surface area contributed by atoms with E-state index in [-0.39, 0.29) is 5.41 Å². The highest BCUT2D eigenvalue weighted by molar-refractivity contribution is 8.04. The molecule has 3 saturated heterocycles. The van der Waals surface area contributed by atoms with Crippen molar-refractivity contribution in [3.8, 4) is 0 Å². The zero-order chi connectivity index (χ0) is 34.2. The number of benzene rings is 1. The van der Waals surface area contributed by atoms with Gasteiger partial charge in [-0.3, -0.25) is 0 Å². The second-order valence-electron chi connectivity index (χ2n) is 17.2. The van der Waals surface area contributed by atoms with E-state index in [1.54, 1.807) is 27.2 Å². The van der Waals surface area contributed by atoms with Gasteiger partial charge in [-0.25, -0.2) is 0 Å². The molecular weight excluding hydrogens is 667 g/mol. The number of hydrogen-bond donors (Lipinski definition) is 0. The number of hydrogen-bond acceptors (Lipinski definition) is 3. The molecule has 1 aromatic carbocycles. The van der Waals surface area contributed by atoms with E-state index in [9.17, 15) is 0 Å². The molecule has 10 aliphatic rings. The molecule has 0 radical (unpaired) electrons. The average Bonchev–Trinajstić information content (AvgIpc) is 3.54. The zero-order valence-electron chi connectivity index (χ0n) is 30.5. The lowest BCUT2D eigenvalue weighted by molar-refractivity contribution is 0.0319. The van der Waals surface area contributed by atoms with Crippen LogP contribution in [0.4, 0.5) is 0 Å². The second kappa shape index (κ2) is 13.2. The SMILES string of the molecule is C1=CC2SC3C=CCC(C4=CCC5C(=C4)C4CCCCC4N5C4=CCCC=C4)C3C3(C4=CCCC=C4SC4C=CCCC43)C2C(c2ccccc2)=C1. The lowest BCUT2D eigenvalue weighted by Gasteiger charge is -2.66. The van der Waals surface area contributed by atoms with Crippen LogP contribution in [0, 0.1) is 35.0 Å². The molecular formula is C49H53NS2. The molecule has 0 aromatic heterocycles. The number of likely N-dealkylation sites (tertiary alicyclic amines) is 1. The first-order chi connectivity index (χ1) is 25.8. The number of thioether (sulfide) groups is 2. The van der Waals surface area contributed by atoms with E-state index in [1.165, 1.54) is 88.3 Å². The number of rotatable bonds is 3. The van der Waals surface area contributed by atoms with Crippen molar-refractivity contribution in [2.75, 3.05) is 0 Å². The highest BCUT2D eigenvalue weighted by Gasteiger charge is 2.66. The molecule has 3 aliphatic heterocycles. The molecule has 11 unspecified atom stereocenters. The van der Waals surface area contributed by atoms with Crippen LogP contribution in [0.1, 0.15) is 82.6 Å². The van der Waals surface area contributed by atoms with Crippen molar-refractivity contribution >= 4 is 29.1 Å². The molecule has 11 rings (SSSR count). The van der Waals surface area contributed by atoms with Crippen LogP contribution in [-0.2, 0) is 0 Å². The van der Waals surface area contributed by atoms with E-state index in [2.05, 4.69) is 144 Å². The van der Waals surface area contributed by atoms with Crippen molar-refractivity contribution in [1.29, 1.82) is 0 Å². The average molecular weight is 720 g/mol. The van der Waals surface area contributed by atoms with Crippen LogP contribution in [0.2, 0.25) is 0 Å². The molecule has 3 heterocycles. The summed E-state index contributed by atoms with van der Waals surface area (Å²) in [5, 5.41) is 1.56. The summed E-state index contributed by atoms with van der Waals surface area (Å²) in [4.78, 5) is 4.54. The van der Waals surface area contributed by atoms with Crippen molar-refractivity contribution in [2.24, 2.45) is 35.0 Å². The van der Waals surface area contributed by atoms with Gasteiger partial charge in [0, 0.05) is 49.6 Å². The number of fused-ring (bicyclic) bond motifs is 11. The Morgan fingerprint density at radius 3 is 2.54 bits per heavy atom. The van der Waals surface area contributed by atoms with E-state index in [4.69, 9.17) is 0 Å². The summed E-state index contributed by atoms with van der Waals surface area (Å²) in [5.74, 6) is 2.93. The minimum Gasteiger partial charge on any atom is -0.361 e. The number of allylic oxidation sites excluding steroid dienone is 13. The Balaban J connectivity index is 1.08. The molecule has 1 aromatic rings. The highest BCUT2D eigenvalue weighted by atomic mass is 32.2. The minimum atomic E-state index is 0.0817. The fourth-order valence-electron chi connectivity index (χ4n) is 13.1. The van der Waals surface area contributed by atoms with Crippen molar-refractivity contribution in [3.05, 3.63) is 148 Å². The molecule has 7 aliphatic carbocycles. The summed E-state index contributed by atoms with van der Waals surface area (Å²) in [7, 11) is 0. The second-order valence-corrected chi connectivity index (χ2v) is 19.8. The fourth-order valence-corrected chi connectivity index (χ4v) is 16.6. The van der Waals surface area contributed by atoms with Crippen LogP contribution in [0.15, 0.2) is 143 Å². The van der Waals surface area contributed by atoms with Gasteiger partial charge in [-0.15, -0.1) is 23.5 Å². The molecule has 1 saturated carbocycles. The van der Waals surface area contributed by atoms with Gasteiger partial charge in [0.25, 0.3) is 0 Å². The van der Waals surface area contributed by atoms with Crippen LogP contribution in [-0.4, -0.2) is 32.7 Å². The Hall–Kier alpha value is -2.88. The third kappa shape index (κ3) is 4.89. The standard InChI is InChI=1S/C49H53NS2/c1-3-15-32(16-4-1)35-20-13-27-45-47(35)49(39-22-8-11-25-43(39)51-44-26-12-9-23-40(44)49)48-36(21-14-28-46(48)52-45)33-29-30-42-38(31-33)37-19-7-10-24-41(37)50(42)34-17-5-2-6-18-34/h1,3-5,11,13-18,20,23,25-29,31,36-37,39,41-43,45-48H,2,6-10,12,19,21-22,24,30H2. The van der Waals surface area contributed by atoms with E-state index in [1.807, 2.05) is 0 Å². The van der Waals surface area contributed by atoms with Crippen molar-refractivity contribution < 1.29 is 0 Å². The first-order valence-electron chi connectivity index (χ1n) is 20.9. The molecule has 3 heteroatoms.